The molecule has 2 rings (SSSR count). The summed E-state index contributed by atoms with van der Waals surface area (Å²) < 4.78 is 40.2. The van der Waals surface area contributed by atoms with Crippen LogP contribution in [0.5, 0.6) is 5.75 Å². The molecule has 0 radical (unpaired) electrons. The molecule has 1 aliphatic carbocycles. The zero-order valence-electron chi connectivity index (χ0n) is 9.78. The van der Waals surface area contributed by atoms with Crippen molar-refractivity contribution in [1.29, 1.82) is 0 Å². The zero-order valence-corrected chi connectivity index (χ0v) is 9.78. The van der Waals surface area contributed by atoms with Gasteiger partial charge in [-0.3, -0.25) is 0 Å². The van der Waals surface area contributed by atoms with Crippen LogP contribution in [-0.2, 0) is 0 Å². The Morgan fingerprint density at radius 3 is 2.39 bits per heavy atom. The minimum absolute atomic E-state index is 0.175. The van der Waals surface area contributed by atoms with E-state index in [1.54, 1.807) is 6.07 Å². The van der Waals surface area contributed by atoms with Gasteiger partial charge in [0.25, 0.3) is 0 Å². The van der Waals surface area contributed by atoms with Crippen molar-refractivity contribution in [2.24, 2.45) is 0 Å². The average Bonchev–Trinajstić information content (AvgIpc) is 2.28. The van der Waals surface area contributed by atoms with E-state index < -0.39 is 6.36 Å². The number of aliphatic hydroxyl groups excluding tert-OH is 1. The second-order valence-electron chi connectivity index (χ2n) is 4.63. The van der Waals surface area contributed by atoms with Gasteiger partial charge in [0.15, 0.2) is 0 Å². The smallest absolute Gasteiger partial charge is 0.406 e. The molecule has 1 fully saturated rings. The molecule has 1 aliphatic rings. The first-order chi connectivity index (χ1) is 8.44. The fourth-order valence-electron chi connectivity index (χ4n) is 2.37. The fraction of sp³-hybridized carbons (Fsp3) is 0.538. The van der Waals surface area contributed by atoms with Gasteiger partial charge in [0, 0.05) is 0 Å². The number of aliphatic hydroxyl groups is 1. The van der Waals surface area contributed by atoms with Crippen LogP contribution in [0.25, 0.3) is 0 Å². The molecule has 1 saturated carbocycles. The molecule has 18 heavy (non-hydrogen) atoms. The number of hydrogen-bond acceptors (Lipinski definition) is 2. The van der Waals surface area contributed by atoms with Crippen LogP contribution in [0, 0.1) is 0 Å². The second kappa shape index (κ2) is 5.18. The monoisotopic (exact) mass is 260 g/mol. The second-order valence-corrected chi connectivity index (χ2v) is 4.63. The summed E-state index contributed by atoms with van der Waals surface area (Å²) in [6.45, 7) is 0. The summed E-state index contributed by atoms with van der Waals surface area (Å²) in [5, 5.41) is 9.41. The van der Waals surface area contributed by atoms with Crippen LogP contribution in [0.2, 0.25) is 0 Å². The number of hydrogen-bond donors (Lipinski definition) is 1. The molecule has 0 amide bonds. The average molecular weight is 260 g/mol. The summed E-state index contributed by atoms with van der Waals surface area (Å²) in [5.41, 5.74) is 0.851. The first kappa shape index (κ1) is 13.2. The molecule has 2 nitrogen and oxygen atoms in total. The molecule has 1 N–H and O–H groups in total. The van der Waals surface area contributed by atoms with E-state index in [1.165, 1.54) is 12.1 Å². The number of alkyl halides is 3. The molecule has 1 aromatic carbocycles. The van der Waals surface area contributed by atoms with E-state index in [9.17, 15) is 18.3 Å². The van der Waals surface area contributed by atoms with Gasteiger partial charge in [0.2, 0.25) is 0 Å². The number of halogens is 3. The van der Waals surface area contributed by atoms with Crippen molar-refractivity contribution in [3.8, 4) is 5.75 Å². The quantitative estimate of drug-likeness (QED) is 0.880. The Balaban J connectivity index is 2.07. The highest BCUT2D eigenvalue weighted by atomic mass is 19.4. The van der Waals surface area contributed by atoms with E-state index in [-0.39, 0.29) is 17.8 Å². The van der Waals surface area contributed by atoms with E-state index in [4.69, 9.17) is 0 Å². The van der Waals surface area contributed by atoms with E-state index in [2.05, 4.69) is 4.74 Å². The van der Waals surface area contributed by atoms with Crippen LogP contribution in [-0.4, -0.2) is 17.6 Å². The lowest BCUT2D eigenvalue weighted by Crippen LogP contribution is -2.18. The first-order valence-electron chi connectivity index (χ1n) is 5.98. The maximum absolute atomic E-state index is 12.1. The molecule has 0 heterocycles. The topological polar surface area (TPSA) is 29.5 Å². The maximum atomic E-state index is 12.1. The molecule has 5 heteroatoms. The van der Waals surface area contributed by atoms with Crippen LogP contribution in [0.4, 0.5) is 13.2 Å². The standard InChI is InChI=1S/C13H15F3O2/c14-13(15,16)18-12-3-1-2-10(8-12)9-4-6-11(17)7-5-9/h1-3,8-9,11,17H,4-7H2. The minimum atomic E-state index is -4.65. The van der Waals surface area contributed by atoms with Gasteiger partial charge in [-0.05, 0) is 49.3 Å². The summed E-state index contributed by atoms with van der Waals surface area (Å²) in [6.07, 6.45) is -1.91. The summed E-state index contributed by atoms with van der Waals surface area (Å²) in [4.78, 5) is 0. The van der Waals surface area contributed by atoms with Gasteiger partial charge >= 0.3 is 6.36 Å². The zero-order chi connectivity index (χ0) is 13.2. The Labute approximate surface area is 103 Å². The van der Waals surface area contributed by atoms with E-state index >= 15 is 0 Å². The molecule has 100 valence electrons. The van der Waals surface area contributed by atoms with Gasteiger partial charge in [0.05, 0.1) is 6.10 Å². The van der Waals surface area contributed by atoms with Gasteiger partial charge in [0.1, 0.15) is 5.75 Å². The van der Waals surface area contributed by atoms with Crippen LogP contribution in [0.3, 0.4) is 0 Å². The summed E-state index contributed by atoms with van der Waals surface area (Å²) >= 11 is 0. The van der Waals surface area contributed by atoms with Gasteiger partial charge < -0.3 is 9.84 Å². The molecule has 0 unspecified atom stereocenters. The maximum Gasteiger partial charge on any atom is 0.573 e. The minimum Gasteiger partial charge on any atom is -0.406 e. The highest BCUT2D eigenvalue weighted by Gasteiger charge is 2.31. The van der Waals surface area contributed by atoms with Crippen molar-refractivity contribution >= 4 is 0 Å². The Kier molecular flexibility index (Phi) is 3.80. The fourth-order valence-corrected chi connectivity index (χ4v) is 2.37. The molecule has 0 aliphatic heterocycles. The van der Waals surface area contributed by atoms with Crippen molar-refractivity contribution in [3.63, 3.8) is 0 Å². The van der Waals surface area contributed by atoms with Crippen LogP contribution < -0.4 is 4.74 Å². The van der Waals surface area contributed by atoms with E-state index in [0.29, 0.717) is 12.8 Å². The lowest BCUT2D eigenvalue weighted by Gasteiger charge is -2.26. The SMILES string of the molecule is OC1CCC(c2cccc(OC(F)(F)F)c2)CC1. The molecule has 0 atom stereocenters. The van der Waals surface area contributed by atoms with E-state index in [1.807, 2.05) is 6.07 Å². The molecule has 1 aromatic rings. The molecule has 0 aromatic heterocycles. The van der Waals surface area contributed by atoms with Crippen LogP contribution >= 0.6 is 0 Å². The van der Waals surface area contributed by atoms with Crippen molar-refractivity contribution in [2.75, 3.05) is 0 Å². The third-order valence-electron chi connectivity index (χ3n) is 3.26. The molecule has 0 saturated heterocycles. The molecule has 0 bridgehead atoms. The number of rotatable bonds is 2. The van der Waals surface area contributed by atoms with Crippen molar-refractivity contribution in [2.45, 2.75) is 44.1 Å². The highest BCUT2D eigenvalue weighted by Crippen LogP contribution is 2.35. The van der Waals surface area contributed by atoms with Crippen molar-refractivity contribution in [1.82, 2.24) is 0 Å². The Bertz CT molecular complexity index is 395. The highest BCUT2D eigenvalue weighted by molar-refractivity contribution is 5.31. The summed E-state index contributed by atoms with van der Waals surface area (Å²) in [7, 11) is 0. The molecular formula is C13H15F3O2. The van der Waals surface area contributed by atoms with Crippen LogP contribution in [0.1, 0.15) is 37.2 Å². The molecule has 0 spiro atoms. The summed E-state index contributed by atoms with van der Waals surface area (Å²) in [6, 6.07) is 6.12. The number of benzene rings is 1. The Morgan fingerprint density at radius 2 is 1.78 bits per heavy atom. The van der Waals surface area contributed by atoms with Gasteiger partial charge in [-0.25, -0.2) is 0 Å². The van der Waals surface area contributed by atoms with E-state index in [0.717, 1.165) is 18.4 Å². The normalized spacial score (nSPS) is 24.9. The Morgan fingerprint density at radius 1 is 1.11 bits per heavy atom. The van der Waals surface area contributed by atoms with Gasteiger partial charge in [-0.2, -0.15) is 0 Å². The third-order valence-corrected chi connectivity index (χ3v) is 3.26. The van der Waals surface area contributed by atoms with Gasteiger partial charge in [-0.15, -0.1) is 13.2 Å². The van der Waals surface area contributed by atoms with Crippen molar-refractivity contribution in [3.05, 3.63) is 29.8 Å². The lowest BCUT2D eigenvalue weighted by atomic mass is 9.83. The first-order valence-corrected chi connectivity index (χ1v) is 5.98. The third kappa shape index (κ3) is 3.63. The number of ether oxygens (including phenoxy) is 1. The predicted molar refractivity (Wildman–Crippen MR) is 60.3 cm³/mol. The predicted octanol–water partition coefficient (Wildman–Crippen LogP) is 3.60. The van der Waals surface area contributed by atoms with Crippen LogP contribution in [0.15, 0.2) is 24.3 Å². The van der Waals surface area contributed by atoms with Gasteiger partial charge in [-0.1, -0.05) is 12.1 Å². The summed E-state index contributed by atoms with van der Waals surface area (Å²) in [5.74, 6) is 0.0382. The van der Waals surface area contributed by atoms with Crippen molar-refractivity contribution < 1.29 is 23.0 Å². The Hall–Kier alpha value is -1.23. The largest absolute Gasteiger partial charge is 0.573 e. The molecular weight excluding hydrogens is 245 g/mol. The lowest BCUT2D eigenvalue weighted by molar-refractivity contribution is -0.274.